The third-order valence-corrected chi connectivity index (χ3v) is 4.96. The summed E-state index contributed by atoms with van der Waals surface area (Å²) in [5.41, 5.74) is 0.902. The summed E-state index contributed by atoms with van der Waals surface area (Å²) in [6, 6.07) is 2.10. The van der Waals surface area contributed by atoms with Gasteiger partial charge in [0.25, 0.3) is 0 Å². The van der Waals surface area contributed by atoms with Crippen molar-refractivity contribution in [1.82, 2.24) is 10.1 Å². The Labute approximate surface area is 126 Å². The molecule has 116 valence electrons. The lowest BCUT2D eigenvalue weighted by molar-refractivity contribution is -0.139. The van der Waals surface area contributed by atoms with Crippen LogP contribution in [-0.4, -0.2) is 22.5 Å². The zero-order chi connectivity index (χ0) is 14.7. The summed E-state index contributed by atoms with van der Waals surface area (Å²) in [6.07, 6.45) is 10.3. The Balaban J connectivity index is 1.79. The lowest BCUT2D eigenvalue weighted by atomic mass is 9.87. The Morgan fingerprint density at radius 3 is 2.57 bits per heavy atom. The van der Waals surface area contributed by atoms with E-state index in [9.17, 15) is 4.79 Å². The number of aromatic nitrogens is 1. The highest BCUT2D eigenvalue weighted by Gasteiger charge is 2.33. The second-order valence-corrected chi connectivity index (χ2v) is 6.60. The van der Waals surface area contributed by atoms with E-state index in [1.807, 2.05) is 13.0 Å². The van der Waals surface area contributed by atoms with Crippen LogP contribution < -0.4 is 0 Å². The standard InChI is InChI=1S/C17H26N2O2/c1-13-12-16(21-18-13)15-10-6-3-7-11-19(15)17(20)14-8-4-2-5-9-14/h12,14-15H,2-11H2,1H3/t15-/m0/s1. The normalized spacial score (nSPS) is 24.8. The van der Waals surface area contributed by atoms with Gasteiger partial charge in [-0.3, -0.25) is 4.79 Å². The number of carbonyl (C=O) groups excluding carboxylic acids is 1. The van der Waals surface area contributed by atoms with Gasteiger partial charge in [0.05, 0.1) is 11.7 Å². The van der Waals surface area contributed by atoms with Crippen molar-refractivity contribution in [3.05, 3.63) is 17.5 Å². The van der Waals surface area contributed by atoms with Crippen molar-refractivity contribution in [3.63, 3.8) is 0 Å². The molecule has 1 aromatic rings. The number of hydrogen-bond donors (Lipinski definition) is 0. The molecule has 0 radical (unpaired) electrons. The molecule has 1 aromatic heterocycles. The largest absolute Gasteiger partial charge is 0.359 e. The predicted molar refractivity (Wildman–Crippen MR) is 80.7 cm³/mol. The minimum atomic E-state index is 0.100. The molecule has 1 aliphatic carbocycles. The van der Waals surface area contributed by atoms with Crippen LogP contribution in [0, 0.1) is 12.8 Å². The van der Waals surface area contributed by atoms with Crippen LogP contribution in [0.5, 0.6) is 0 Å². The number of hydrogen-bond acceptors (Lipinski definition) is 3. The zero-order valence-electron chi connectivity index (χ0n) is 13.0. The van der Waals surface area contributed by atoms with Crippen LogP contribution in [0.3, 0.4) is 0 Å². The van der Waals surface area contributed by atoms with Gasteiger partial charge in [0.2, 0.25) is 5.91 Å². The number of likely N-dealkylation sites (tertiary alicyclic amines) is 1. The van der Waals surface area contributed by atoms with Crippen LogP contribution in [-0.2, 0) is 4.79 Å². The van der Waals surface area contributed by atoms with E-state index >= 15 is 0 Å². The minimum absolute atomic E-state index is 0.100. The van der Waals surface area contributed by atoms with E-state index in [2.05, 4.69) is 10.1 Å². The van der Waals surface area contributed by atoms with Gasteiger partial charge in [-0.15, -0.1) is 0 Å². The summed E-state index contributed by atoms with van der Waals surface area (Å²) in [5, 5.41) is 4.02. The maximum atomic E-state index is 13.0. The summed E-state index contributed by atoms with van der Waals surface area (Å²) in [5.74, 6) is 1.47. The fourth-order valence-electron chi connectivity index (χ4n) is 3.79. The summed E-state index contributed by atoms with van der Waals surface area (Å²) in [7, 11) is 0. The van der Waals surface area contributed by atoms with Gasteiger partial charge in [-0.2, -0.15) is 0 Å². The van der Waals surface area contributed by atoms with Crippen molar-refractivity contribution in [2.75, 3.05) is 6.54 Å². The quantitative estimate of drug-likeness (QED) is 0.827. The fourth-order valence-corrected chi connectivity index (χ4v) is 3.79. The smallest absolute Gasteiger partial charge is 0.226 e. The van der Waals surface area contributed by atoms with Crippen molar-refractivity contribution in [3.8, 4) is 0 Å². The summed E-state index contributed by atoms with van der Waals surface area (Å²) in [6.45, 7) is 2.82. The van der Waals surface area contributed by atoms with Crippen molar-refractivity contribution < 1.29 is 9.32 Å². The maximum Gasteiger partial charge on any atom is 0.226 e. The number of carbonyl (C=O) groups is 1. The number of nitrogens with zero attached hydrogens (tertiary/aromatic N) is 2. The van der Waals surface area contributed by atoms with Crippen molar-refractivity contribution in [1.29, 1.82) is 0 Å². The summed E-state index contributed by atoms with van der Waals surface area (Å²) >= 11 is 0. The predicted octanol–water partition coefficient (Wildman–Crippen LogP) is 4.01. The van der Waals surface area contributed by atoms with E-state index in [0.717, 1.165) is 43.7 Å². The van der Waals surface area contributed by atoms with Gasteiger partial charge in [-0.25, -0.2) is 0 Å². The Morgan fingerprint density at radius 2 is 1.86 bits per heavy atom. The fraction of sp³-hybridized carbons (Fsp3) is 0.765. The first-order chi connectivity index (χ1) is 10.3. The van der Waals surface area contributed by atoms with Crippen LogP contribution in [0.1, 0.15) is 75.3 Å². The van der Waals surface area contributed by atoms with Crippen LogP contribution in [0.25, 0.3) is 0 Å². The zero-order valence-corrected chi connectivity index (χ0v) is 13.0. The second-order valence-electron chi connectivity index (χ2n) is 6.60. The van der Waals surface area contributed by atoms with E-state index in [-0.39, 0.29) is 12.0 Å². The van der Waals surface area contributed by atoms with Gasteiger partial charge in [0, 0.05) is 18.5 Å². The highest BCUT2D eigenvalue weighted by molar-refractivity contribution is 5.79. The first kappa shape index (κ1) is 14.6. The van der Waals surface area contributed by atoms with Crippen molar-refractivity contribution in [2.24, 2.45) is 5.92 Å². The third kappa shape index (κ3) is 3.30. The molecule has 0 unspecified atom stereocenters. The maximum absolute atomic E-state index is 13.0. The molecule has 2 fully saturated rings. The number of amides is 1. The van der Waals surface area contributed by atoms with E-state index in [4.69, 9.17) is 4.52 Å². The molecule has 2 aliphatic rings. The molecule has 4 heteroatoms. The molecule has 0 N–H and O–H groups in total. The molecule has 21 heavy (non-hydrogen) atoms. The SMILES string of the molecule is Cc1cc([C@@H]2CCCCCN2C(=O)C2CCCCC2)on1. The number of rotatable bonds is 2. The van der Waals surface area contributed by atoms with Crippen LogP contribution >= 0.6 is 0 Å². The molecular formula is C17H26N2O2. The molecule has 3 rings (SSSR count). The molecule has 4 nitrogen and oxygen atoms in total. The molecule has 0 aromatic carbocycles. The Morgan fingerprint density at radius 1 is 1.14 bits per heavy atom. The number of aryl methyl sites for hydroxylation is 1. The molecule has 1 amide bonds. The van der Waals surface area contributed by atoms with E-state index in [1.54, 1.807) is 0 Å². The monoisotopic (exact) mass is 290 g/mol. The van der Waals surface area contributed by atoms with Gasteiger partial charge >= 0.3 is 0 Å². The second kappa shape index (κ2) is 6.63. The molecule has 0 bridgehead atoms. The molecule has 1 aliphatic heterocycles. The van der Waals surface area contributed by atoms with E-state index in [1.165, 1.54) is 32.1 Å². The summed E-state index contributed by atoms with van der Waals surface area (Å²) in [4.78, 5) is 15.1. The van der Waals surface area contributed by atoms with Crippen molar-refractivity contribution >= 4 is 5.91 Å². The van der Waals surface area contributed by atoms with E-state index in [0.29, 0.717) is 5.91 Å². The van der Waals surface area contributed by atoms with Crippen molar-refractivity contribution in [2.45, 2.75) is 70.8 Å². The van der Waals surface area contributed by atoms with E-state index < -0.39 is 0 Å². The molecule has 1 atom stereocenters. The van der Waals surface area contributed by atoms with Gasteiger partial charge in [-0.05, 0) is 32.6 Å². The lowest BCUT2D eigenvalue weighted by Gasteiger charge is -2.33. The third-order valence-electron chi connectivity index (χ3n) is 4.96. The van der Waals surface area contributed by atoms with Gasteiger partial charge in [-0.1, -0.05) is 37.3 Å². The van der Waals surface area contributed by atoms with Gasteiger partial charge < -0.3 is 9.42 Å². The molecule has 0 spiro atoms. The first-order valence-electron chi connectivity index (χ1n) is 8.49. The van der Waals surface area contributed by atoms with Gasteiger partial charge in [0.1, 0.15) is 0 Å². The topological polar surface area (TPSA) is 46.3 Å². The first-order valence-corrected chi connectivity index (χ1v) is 8.49. The molecule has 1 saturated carbocycles. The Hall–Kier alpha value is -1.32. The molecule has 2 heterocycles. The Bertz CT molecular complexity index is 477. The van der Waals surface area contributed by atoms with Gasteiger partial charge in [0.15, 0.2) is 5.76 Å². The minimum Gasteiger partial charge on any atom is -0.359 e. The van der Waals surface area contributed by atoms with Crippen LogP contribution in [0.2, 0.25) is 0 Å². The van der Waals surface area contributed by atoms with Crippen LogP contribution in [0.15, 0.2) is 10.6 Å². The average molecular weight is 290 g/mol. The summed E-state index contributed by atoms with van der Waals surface area (Å²) < 4.78 is 5.48. The molecule has 1 saturated heterocycles. The Kier molecular flexibility index (Phi) is 4.61. The highest BCUT2D eigenvalue weighted by atomic mass is 16.5. The van der Waals surface area contributed by atoms with Crippen LogP contribution in [0.4, 0.5) is 0 Å². The highest BCUT2D eigenvalue weighted by Crippen LogP contribution is 2.34. The average Bonchev–Trinajstić information content (AvgIpc) is 2.80. The lowest BCUT2D eigenvalue weighted by Crippen LogP contribution is -2.39. The molecular weight excluding hydrogens is 264 g/mol.